The molecule has 1 atom stereocenters. The summed E-state index contributed by atoms with van der Waals surface area (Å²) in [7, 11) is 0. The molecule has 1 aliphatic carbocycles. The van der Waals surface area contributed by atoms with Crippen molar-refractivity contribution in [2.45, 2.75) is 316 Å². The normalized spacial score (nSPS) is 14.8. The van der Waals surface area contributed by atoms with Gasteiger partial charge in [-0.2, -0.15) is 0 Å². The van der Waals surface area contributed by atoms with Crippen molar-refractivity contribution in [2.75, 3.05) is 30.0 Å². The van der Waals surface area contributed by atoms with Crippen LogP contribution in [0, 0.1) is 5.92 Å². The topological polar surface area (TPSA) is 160 Å². The van der Waals surface area contributed by atoms with Crippen molar-refractivity contribution in [2.24, 2.45) is 5.92 Å². The number of nitrogens with zero attached hydrogens (tertiary/aromatic N) is 2. The molecule has 0 bridgehead atoms. The average molecular weight is 1180 g/mol. The number of rotatable bonds is 47. The first-order valence-corrected chi connectivity index (χ1v) is 33.5. The fourth-order valence-electron chi connectivity index (χ4n) is 11.0. The standard InChI is InChI=1S/C69H114ClN3O10/c1-9-11-13-15-17-19-21-23-25-27-29-31-33-36-64(74)79-52-60(53-80-65(75)37-34-32-30-28-26-24-22-20-18-16-14-12-10-2)82-67(77)39-35-38-66(76)81-59-44-42-58(43-45-59)73(51-54(3)4)62-46-40-56(55(5)48-68(78)83-69(6,7)8)49-61(62)72-57-41-47-63(70)71-50-57/h40-41,46-47,49-50,54-55,58-60,72H,9-39,42-45,48,51-53H2,1-8H3/t55-,58?,59?/m1/s1. The summed E-state index contributed by atoms with van der Waals surface area (Å²) in [4.78, 5) is 71.7. The number of carbonyl (C=O) groups is 5. The average Bonchev–Trinajstić information content (AvgIpc) is 3.65. The third-order valence-corrected chi connectivity index (χ3v) is 15.9. The molecule has 1 fully saturated rings. The van der Waals surface area contributed by atoms with Crippen LogP contribution in [-0.2, 0) is 47.7 Å². The number of anilines is 3. The van der Waals surface area contributed by atoms with Gasteiger partial charge in [-0.25, -0.2) is 4.98 Å². The molecular formula is C69H114ClN3O10. The second-order valence-electron chi connectivity index (χ2n) is 25.2. The Kier molecular flexibility index (Phi) is 38.7. The van der Waals surface area contributed by atoms with E-state index in [0.29, 0.717) is 23.9 Å². The number of halogens is 1. The van der Waals surface area contributed by atoms with Crippen LogP contribution in [0.1, 0.15) is 298 Å². The van der Waals surface area contributed by atoms with Crippen molar-refractivity contribution in [1.29, 1.82) is 0 Å². The van der Waals surface area contributed by atoms with E-state index in [-0.39, 0.29) is 93.7 Å². The number of carbonyl (C=O) groups excluding carboxylic acids is 5. The maximum absolute atomic E-state index is 13.2. The molecule has 1 aliphatic rings. The van der Waals surface area contributed by atoms with Gasteiger partial charge >= 0.3 is 29.8 Å². The minimum absolute atomic E-state index is 0.0384. The fraction of sp³-hybridized carbons (Fsp3) is 0.768. The number of aromatic nitrogens is 1. The van der Waals surface area contributed by atoms with E-state index in [1.165, 1.54) is 128 Å². The lowest BCUT2D eigenvalue weighted by Crippen LogP contribution is -2.42. The smallest absolute Gasteiger partial charge is 0.306 e. The van der Waals surface area contributed by atoms with Crippen molar-refractivity contribution in [1.82, 2.24) is 4.98 Å². The molecule has 0 spiro atoms. The van der Waals surface area contributed by atoms with E-state index >= 15 is 0 Å². The molecule has 472 valence electrons. The minimum atomic E-state index is -0.946. The molecule has 83 heavy (non-hydrogen) atoms. The van der Waals surface area contributed by atoms with E-state index in [0.717, 1.165) is 80.5 Å². The molecule has 0 saturated heterocycles. The van der Waals surface area contributed by atoms with Gasteiger partial charge in [-0.3, -0.25) is 24.0 Å². The number of hydrogen-bond acceptors (Lipinski definition) is 13. The Morgan fingerprint density at radius 1 is 0.590 bits per heavy atom. The molecule has 1 N–H and O–H groups in total. The monoisotopic (exact) mass is 1180 g/mol. The molecule has 0 radical (unpaired) electrons. The van der Waals surface area contributed by atoms with Gasteiger partial charge in [0.15, 0.2) is 6.10 Å². The second kappa shape index (κ2) is 44.1. The summed E-state index contributed by atoms with van der Waals surface area (Å²) in [5, 5.41) is 3.99. The molecule has 1 heterocycles. The van der Waals surface area contributed by atoms with E-state index in [1.54, 1.807) is 12.3 Å². The maximum atomic E-state index is 13.2. The van der Waals surface area contributed by atoms with Crippen LogP contribution < -0.4 is 10.2 Å². The minimum Gasteiger partial charge on any atom is -0.462 e. The zero-order valence-corrected chi connectivity index (χ0v) is 54.0. The van der Waals surface area contributed by atoms with Gasteiger partial charge in [0.25, 0.3) is 0 Å². The summed E-state index contributed by atoms with van der Waals surface area (Å²) in [5.74, 6) is -1.61. The van der Waals surface area contributed by atoms with E-state index in [1.807, 2.05) is 33.8 Å². The van der Waals surface area contributed by atoms with Gasteiger partial charge in [-0.05, 0) is 107 Å². The van der Waals surface area contributed by atoms with E-state index in [4.69, 9.17) is 35.3 Å². The summed E-state index contributed by atoms with van der Waals surface area (Å²) in [6.07, 6.45) is 36.1. The molecule has 14 heteroatoms. The molecule has 0 unspecified atom stereocenters. The molecule has 3 rings (SSSR count). The van der Waals surface area contributed by atoms with E-state index in [2.05, 4.69) is 61.1 Å². The first-order chi connectivity index (χ1) is 40.0. The maximum Gasteiger partial charge on any atom is 0.306 e. The van der Waals surface area contributed by atoms with Crippen LogP contribution in [0.3, 0.4) is 0 Å². The Hall–Kier alpha value is -4.39. The highest BCUT2D eigenvalue weighted by Gasteiger charge is 2.31. The van der Waals surface area contributed by atoms with Crippen LogP contribution in [0.2, 0.25) is 5.15 Å². The Bertz CT molecular complexity index is 2020. The quantitative estimate of drug-likeness (QED) is 0.0289. The Balaban J connectivity index is 1.49. The number of unbranched alkanes of at least 4 members (excludes halogenated alkanes) is 24. The highest BCUT2D eigenvalue weighted by molar-refractivity contribution is 6.29. The van der Waals surface area contributed by atoms with Gasteiger partial charge in [0.05, 0.1) is 29.7 Å². The summed E-state index contributed by atoms with van der Waals surface area (Å²) in [6, 6.07) is 10.2. The second-order valence-corrected chi connectivity index (χ2v) is 25.6. The van der Waals surface area contributed by atoms with Crippen LogP contribution in [0.25, 0.3) is 0 Å². The van der Waals surface area contributed by atoms with Gasteiger partial charge in [0.2, 0.25) is 0 Å². The zero-order valence-electron chi connectivity index (χ0n) is 53.3. The fourth-order valence-corrected chi connectivity index (χ4v) is 11.1. The predicted octanol–water partition coefficient (Wildman–Crippen LogP) is 18.8. The number of esters is 5. The molecule has 1 saturated carbocycles. The molecule has 0 aliphatic heterocycles. The lowest BCUT2D eigenvalue weighted by molar-refractivity contribution is -0.167. The van der Waals surface area contributed by atoms with Gasteiger partial charge in [0.1, 0.15) is 30.1 Å². The third-order valence-electron chi connectivity index (χ3n) is 15.6. The van der Waals surface area contributed by atoms with Crippen LogP contribution in [-0.4, -0.2) is 78.4 Å². The Morgan fingerprint density at radius 3 is 1.52 bits per heavy atom. The highest BCUT2D eigenvalue weighted by Crippen LogP contribution is 2.38. The number of hydrogen-bond donors (Lipinski definition) is 1. The first-order valence-electron chi connectivity index (χ1n) is 33.2. The summed E-state index contributed by atoms with van der Waals surface area (Å²) >= 11 is 6.16. The van der Waals surface area contributed by atoms with Gasteiger partial charge in [0, 0.05) is 38.3 Å². The molecule has 13 nitrogen and oxygen atoms in total. The van der Waals surface area contributed by atoms with E-state index in [9.17, 15) is 24.0 Å². The number of nitrogens with one attached hydrogen (secondary N) is 1. The zero-order chi connectivity index (χ0) is 60.5. The van der Waals surface area contributed by atoms with Crippen molar-refractivity contribution >= 4 is 58.5 Å². The summed E-state index contributed by atoms with van der Waals surface area (Å²) < 4.78 is 28.6. The van der Waals surface area contributed by atoms with Crippen LogP contribution in [0.4, 0.5) is 17.1 Å². The Labute approximate surface area is 508 Å². The first kappa shape index (κ1) is 72.9. The Morgan fingerprint density at radius 2 is 1.06 bits per heavy atom. The molecular weight excluding hydrogens is 1070 g/mol. The predicted molar refractivity (Wildman–Crippen MR) is 338 cm³/mol. The molecule has 1 aromatic heterocycles. The SMILES string of the molecule is CCCCCCCCCCCCCCCC(=O)OCC(COC(=O)CCCCCCCCCCCCCCC)OC(=O)CCCC(=O)OC1CCC(N(CC(C)C)c2ccc([C@H](C)CC(=O)OC(C)(C)C)cc2Nc2ccc(Cl)nc2)CC1. The third kappa shape index (κ3) is 35.6. The highest BCUT2D eigenvalue weighted by atomic mass is 35.5. The van der Waals surface area contributed by atoms with Crippen LogP contribution in [0.5, 0.6) is 0 Å². The van der Waals surface area contributed by atoms with Crippen molar-refractivity contribution in [3.8, 4) is 0 Å². The lowest BCUT2D eigenvalue weighted by Gasteiger charge is -2.40. The van der Waals surface area contributed by atoms with E-state index < -0.39 is 17.7 Å². The molecule has 1 aromatic carbocycles. The van der Waals surface area contributed by atoms with Crippen molar-refractivity contribution < 1.29 is 47.7 Å². The number of ether oxygens (including phenoxy) is 5. The van der Waals surface area contributed by atoms with Crippen LogP contribution >= 0.6 is 11.6 Å². The lowest BCUT2D eigenvalue weighted by atomic mass is 9.90. The number of pyridine rings is 1. The molecule has 2 aromatic rings. The van der Waals surface area contributed by atoms with Gasteiger partial charge in [-0.1, -0.05) is 206 Å². The largest absolute Gasteiger partial charge is 0.462 e. The summed E-state index contributed by atoms with van der Waals surface area (Å²) in [6.45, 7) is 17.0. The van der Waals surface area contributed by atoms with Gasteiger partial charge in [-0.15, -0.1) is 0 Å². The summed E-state index contributed by atoms with van der Waals surface area (Å²) in [5.41, 5.74) is 3.15. The molecule has 0 amide bonds. The van der Waals surface area contributed by atoms with Crippen molar-refractivity contribution in [3.63, 3.8) is 0 Å². The van der Waals surface area contributed by atoms with Crippen LogP contribution in [0.15, 0.2) is 36.5 Å². The van der Waals surface area contributed by atoms with Gasteiger partial charge < -0.3 is 33.9 Å². The number of benzene rings is 1. The van der Waals surface area contributed by atoms with Crippen molar-refractivity contribution in [3.05, 3.63) is 47.2 Å².